The second-order valence-corrected chi connectivity index (χ2v) is 9.53. The molecule has 10 heteroatoms. The largest absolute Gasteiger partial charge is 0.489 e. The highest BCUT2D eigenvalue weighted by molar-refractivity contribution is 7.89. The first kappa shape index (κ1) is 21.1. The van der Waals surface area contributed by atoms with Crippen LogP contribution in [0.15, 0.2) is 17.0 Å². The van der Waals surface area contributed by atoms with Crippen molar-refractivity contribution in [3.63, 3.8) is 0 Å². The van der Waals surface area contributed by atoms with Crippen molar-refractivity contribution in [1.29, 1.82) is 0 Å². The highest BCUT2D eigenvalue weighted by Crippen LogP contribution is 2.38. The highest BCUT2D eigenvalue weighted by atomic mass is 35.5. The number of hydrogen-bond acceptors (Lipinski definition) is 6. The van der Waals surface area contributed by atoms with Gasteiger partial charge in [-0.15, -0.1) is 0 Å². The summed E-state index contributed by atoms with van der Waals surface area (Å²) in [7, 11) is -3.81. The van der Waals surface area contributed by atoms with E-state index in [0.29, 0.717) is 19.4 Å². The van der Waals surface area contributed by atoms with E-state index in [-0.39, 0.29) is 39.4 Å². The van der Waals surface area contributed by atoms with Crippen LogP contribution in [0.1, 0.15) is 25.7 Å². The molecule has 27 heavy (non-hydrogen) atoms. The van der Waals surface area contributed by atoms with E-state index in [4.69, 9.17) is 33.7 Å². The fourth-order valence-corrected chi connectivity index (χ4v) is 5.29. The van der Waals surface area contributed by atoms with Crippen molar-refractivity contribution in [3.05, 3.63) is 22.2 Å². The van der Waals surface area contributed by atoms with E-state index in [1.807, 2.05) is 0 Å². The topological polar surface area (TPSA) is 105 Å². The third-order valence-electron chi connectivity index (χ3n) is 4.75. The van der Waals surface area contributed by atoms with Crippen molar-refractivity contribution in [2.75, 3.05) is 26.2 Å². The Balaban J connectivity index is 1.71. The van der Waals surface area contributed by atoms with Gasteiger partial charge in [0.15, 0.2) is 0 Å². The number of β-amino-alcohol motifs (C(OH)–C–C–N with tert-alkyl or cyclic N) is 1. The van der Waals surface area contributed by atoms with E-state index >= 15 is 0 Å². The summed E-state index contributed by atoms with van der Waals surface area (Å²) >= 11 is 12.3. The number of halogens is 2. The molecule has 1 saturated heterocycles. The predicted octanol–water partition coefficient (Wildman–Crippen LogP) is 1.60. The number of benzene rings is 1. The van der Waals surface area contributed by atoms with Gasteiger partial charge in [-0.1, -0.05) is 23.2 Å². The standard InChI is InChI=1S/C17H25Cl2N3O4S/c18-14-3-4-15(17(16(14)19)27(24,25)21-11-1-2-11)26-13-5-7-22(8-6-13)10-12(23)9-20/h3-4,11-13,21,23H,1-2,5-10,20H2/t12-/m0/s1. The normalized spacial score (nSPS) is 20.6. The minimum atomic E-state index is -3.81. The maximum atomic E-state index is 12.7. The molecule has 1 heterocycles. The van der Waals surface area contributed by atoms with E-state index in [2.05, 4.69) is 9.62 Å². The molecule has 7 nitrogen and oxygen atoms in total. The number of nitrogens with zero attached hydrogens (tertiary/aromatic N) is 1. The SMILES string of the molecule is NC[C@H](O)CN1CCC(Oc2ccc(Cl)c(Cl)c2S(=O)(=O)NC2CC2)CC1. The van der Waals surface area contributed by atoms with Crippen LogP contribution in [-0.2, 0) is 10.0 Å². The smallest absolute Gasteiger partial charge is 0.246 e. The third-order valence-corrected chi connectivity index (χ3v) is 7.25. The van der Waals surface area contributed by atoms with Crippen LogP contribution in [0.25, 0.3) is 0 Å². The van der Waals surface area contributed by atoms with Crippen LogP contribution >= 0.6 is 23.2 Å². The molecule has 2 fully saturated rings. The molecular weight excluding hydrogens is 413 g/mol. The van der Waals surface area contributed by atoms with Gasteiger partial charge in [-0.2, -0.15) is 0 Å². The number of nitrogens with one attached hydrogen (secondary N) is 1. The highest BCUT2D eigenvalue weighted by Gasteiger charge is 2.33. The molecule has 0 amide bonds. The van der Waals surface area contributed by atoms with Crippen LogP contribution < -0.4 is 15.2 Å². The molecule has 0 unspecified atom stereocenters. The van der Waals surface area contributed by atoms with Gasteiger partial charge in [0.25, 0.3) is 0 Å². The van der Waals surface area contributed by atoms with Crippen molar-refractivity contribution >= 4 is 33.2 Å². The van der Waals surface area contributed by atoms with Crippen molar-refractivity contribution in [1.82, 2.24) is 9.62 Å². The van der Waals surface area contributed by atoms with Gasteiger partial charge in [-0.25, -0.2) is 13.1 Å². The zero-order valence-corrected chi connectivity index (χ0v) is 17.2. The number of sulfonamides is 1. The van der Waals surface area contributed by atoms with E-state index in [1.165, 1.54) is 0 Å². The molecule has 0 radical (unpaired) electrons. The van der Waals surface area contributed by atoms with Gasteiger partial charge in [0, 0.05) is 32.2 Å². The molecule has 0 aromatic heterocycles. The minimum absolute atomic E-state index is 0.0224. The van der Waals surface area contributed by atoms with E-state index in [9.17, 15) is 13.5 Å². The van der Waals surface area contributed by atoms with Crippen LogP contribution in [-0.4, -0.2) is 62.9 Å². The molecule has 1 aromatic carbocycles. The van der Waals surface area contributed by atoms with Crippen LogP contribution in [0.3, 0.4) is 0 Å². The number of aliphatic hydroxyl groups excluding tert-OH is 1. The number of likely N-dealkylation sites (tertiary alicyclic amines) is 1. The number of nitrogens with two attached hydrogens (primary N) is 1. The summed E-state index contributed by atoms with van der Waals surface area (Å²) < 4.78 is 34.1. The first-order chi connectivity index (χ1) is 12.8. The summed E-state index contributed by atoms with van der Waals surface area (Å²) in [6, 6.07) is 3.05. The van der Waals surface area contributed by atoms with Gasteiger partial charge in [-0.05, 0) is 37.8 Å². The zero-order chi connectivity index (χ0) is 19.6. The molecule has 1 aliphatic heterocycles. The maximum absolute atomic E-state index is 12.7. The van der Waals surface area contributed by atoms with E-state index < -0.39 is 16.1 Å². The summed E-state index contributed by atoms with van der Waals surface area (Å²) in [5.74, 6) is 0.220. The van der Waals surface area contributed by atoms with E-state index in [0.717, 1.165) is 25.9 Å². The number of hydrogen-bond donors (Lipinski definition) is 3. The number of piperidine rings is 1. The predicted molar refractivity (Wildman–Crippen MR) is 105 cm³/mol. The van der Waals surface area contributed by atoms with Crippen LogP contribution in [0, 0.1) is 0 Å². The second kappa shape index (κ2) is 8.82. The van der Waals surface area contributed by atoms with Gasteiger partial charge >= 0.3 is 0 Å². The molecule has 1 atom stereocenters. The Labute approximate surface area is 169 Å². The van der Waals surface area contributed by atoms with Crippen molar-refractivity contribution in [3.8, 4) is 5.75 Å². The van der Waals surface area contributed by atoms with Crippen LogP contribution in [0.2, 0.25) is 10.0 Å². The molecule has 1 aromatic rings. The first-order valence-electron chi connectivity index (χ1n) is 9.07. The van der Waals surface area contributed by atoms with Gasteiger partial charge < -0.3 is 20.5 Å². The van der Waals surface area contributed by atoms with Gasteiger partial charge in [0.05, 0.1) is 16.1 Å². The molecule has 2 aliphatic rings. The quantitative estimate of drug-likeness (QED) is 0.570. The molecule has 152 valence electrons. The first-order valence-corrected chi connectivity index (χ1v) is 11.3. The molecule has 4 N–H and O–H groups in total. The Hall–Kier alpha value is -0.610. The maximum Gasteiger partial charge on any atom is 0.246 e. The Bertz CT molecular complexity index is 766. The molecule has 1 saturated carbocycles. The number of ether oxygens (including phenoxy) is 1. The van der Waals surface area contributed by atoms with E-state index in [1.54, 1.807) is 12.1 Å². The molecule has 0 bridgehead atoms. The monoisotopic (exact) mass is 437 g/mol. The molecule has 0 spiro atoms. The van der Waals surface area contributed by atoms with Crippen LogP contribution in [0.4, 0.5) is 0 Å². The fourth-order valence-electron chi connectivity index (χ4n) is 3.10. The van der Waals surface area contributed by atoms with Crippen molar-refractivity contribution < 1.29 is 18.3 Å². The lowest BCUT2D eigenvalue weighted by molar-refractivity contribution is 0.0630. The summed E-state index contributed by atoms with van der Waals surface area (Å²) in [4.78, 5) is 2.03. The van der Waals surface area contributed by atoms with Gasteiger partial charge in [-0.3, -0.25) is 0 Å². The number of aliphatic hydroxyl groups is 1. The summed E-state index contributed by atoms with van der Waals surface area (Å²) in [6.07, 6.45) is 2.40. The molecule has 1 aliphatic carbocycles. The summed E-state index contributed by atoms with van der Waals surface area (Å²) in [6.45, 7) is 2.24. The lowest BCUT2D eigenvalue weighted by atomic mass is 10.1. The Morgan fingerprint density at radius 1 is 1.26 bits per heavy atom. The fraction of sp³-hybridized carbons (Fsp3) is 0.647. The summed E-state index contributed by atoms with van der Waals surface area (Å²) in [5, 5.41) is 9.82. The van der Waals surface area contributed by atoms with Crippen molar-refractivity contribution in [2.45, 2.75) is 48.8 Å². The molecular formula is C17H25Cl2N3O4S. The summed E-state index contributed by atoms with van der Waals surface area (Å²) in [5.41, 5.74) is 5.45. The third kappa shape index (κ3) is 5.47. The van der Waals surface area contributed by atoms with Gasteiger partial charge in [0.2, 0.25) is 10.0 Å². The number of rotatable bonds is 8. The Kier molecular flexibility index (Phi) is 6.89. The average Bonchev–Trinajstić information content (AvgIpc) is 3.42. The Morgan fingerprint density at radius 2 is 1.93 bits per heavy atom. The zero-order valence-electron chi connectivity index (χ0n) is 14.9. The lowest BCUT2D eigenvalue weighted by Gasteiger charge is -2.33. The average molecular weight is 438 g/mol. The van der Waals surface area contributed by atoms with Crippen LogP contribution in [0.5, 0.6) is 5.75 Å². The molecule has 3 rings (SSSR count). The minimum Gasteiger partial charge on any atom is -0.489 e. The van der Waals surface area contributed by atoms with Crippen molar-refractivity contribution in [2.24, 2.45) is 5.73 Å². The van der Waals surface area contributed by atoms with Gasteiger partial charge in [0.1, 0.15) is 16.7 Å². The lowest BCUT2D eigenvalue weighted by Crippen LogP contribution is -2.43. The Morgan fingerprint density at radius 3 is 2.52 bits per heavy atom. The second-order valence-electron chi connectivity index (χ2n) is 7.09.